The number of nitrogens with zero attached hydrogens (tertiary/aromatic N) is 2. The van der Waals surface area contributed by atoms with Crippen LogP contribution in [0.25, 0.3) is 0 Å². The largest absolute Gasteiger partial charge is 0.336 e. The Morgan fingerprint density at radius 1 is 1.10 bits per heavy atom. The van der Waals surface area contributed by atoms with E-state index in [1.54, 1.807) is 5.56 Å². The Morgan fingerprint density at radius 2 is 2.00 bits per heavy atom. The van der Waals surface area contributed by atoms with Crippen LogP contribution in [0.4, 0.5) is 0 Å². The maximum Gasteiger partial charge on any atom is 0.0946 e. The minimum atomic E-state index is 0.735. The Labute approximate surface area is 126 Å². The van der Waals surface area contributed by atoms with Gasteiger partial charge in [-0.1, -0.05) is 30.3 Å². The highest BCUT2D eigenvalue weighted by Gasteiger charge is 2.45. The minimum absolute atomic E-state index is 0.735. The predicted molar refractivity (Wildman–Crippen MR) is 84.0 cm³/mol. The predicted octanol–water partition coefficient (Wildman–Crippen LogP) is 3.06. The summed E-state index contributed by atoms with van der Waals surface area (Å²) in [5.74, 6) is 2.58. The lowest BCUT2D eigenvalue weighted by Crippen LogP contribution is -2.37. The molecule has 110 valence electrons. The van der Waals surface area contributed by atoms with Gasteiger partial charge in [-0.15, -0.1) is 0 Å². The van der Waals surface area contributed by atoms with Gasteiger partial charge in [-0.25, -0.2) is 4.98 Å². The zero-order valence-electron chi connectivity index (χ0n) is 12.4. The van der Waals surface area contributed by atoms with Gasteiger partial charge in [0.1, 0.15) is 0 Å². The van der Waals surface area contributed by atoms with Crippen LogP contribution >= 0.6 is 0 Å². The van der Waals surface area contributed by atoms with Crippen LogP contribution < -0.4 is 5.32 Å². The van der Waals surface area contributed by atoms with Crippen molar-refractivity contribution in [2.24, 2.45) is 11.8 Å². The third kappa shape index (κ3) is 2.62. The van der Waals surface area contributed by atoms with E-state index in [1.807, 2.05) is 18.7 Å². The van der Waals surface area contributed by atoms with E-state index >= 15 is 0 Å². The van der Waals surface area contributed by atoms with Crippen molar-refractivity contribution in [3.8, 4) is 0 Å². The zero-order valence-corrected chi connectivity index (χ0v) is 12.4. The summed E-state index contributed by atoms with van der Waals surface area (Å²) < 4.78 is 2.15. The number of hydrogen-bond acceptors (Lipinski definition) is 2. The van der Waals surface area contributed by atoms with Crippen LogP contribution in [-0.4, -0.2) is 22.1 Å². The molecule has 3 nitrogen and oxygen atoms in total. The quantitative estimate of drug-likeness (QED) is 0.913. The summed E-state index contributed by atoms with van der Waals surface area (Å²) in [6.07, 6.45) is 9.93. The normalized spacial score (nSPS) is 30.9. The topological polar surface area (TPSA) is 29.9 Å². The van der Waals surface area contributed by atoms with Crippen molar-refractivity contribution in [3.05, 3.63) is 54.6 Å². The van der Waals surface area contributed by atoms with Gasteiger partial charge in [0.15, 0.2) is 0 Å². The summed E-state index contributed by atoms with van der Waals surface area (Å²) in [5, 5.41) is 3.77. The van der Waals surface area contributed by atoms with E-state index < -0.39 is 0 Å². The average Bonchev–Trinajstić information content (AvgIpc) is 3.24. The standard InChI is InChI=1S/C18H23N3/c1-2-4-14(5-3-1)17-11-16-10-15(17)12-18(16)20-7-9-21-8-6-19-13-21/h1-6,8,13,15-18,20H,7,9-12H2/t15-,16-,17+,18?/m0/s1. The van der Waals surface area contributed by atoms with Gasteiger partial charge in [0.25, 0.3) is 0 Å². The van der Waals surface area contributed by atoms with Crippen LogP contribution in [0, 0.1) is 11.8 Å². The molecule has 0 amide bonds. The molecule has 0 spiro atoms. The van der Waals surface area contributed by atoms with Crippen molar-refractivity contribution >= 4 is 0 Å². The molecule has 21 heavy (non-hydrogen) atoms. The van der Waals surface area contributed by atoms with Crippen LogP contribution in [0.5, 0.6) is 0 Å². The fourth-order valence-electron chi connectivity index (χ4n) is 4.43. The number of nitrogens with one attached hydrogen (secondary N) is 1. The third-order valence-corrected chi connectivity index (χ3v) is 5.42. The molecule has 0 radical (unpaired) electrons. The maximum absolute atomic E-state index is 4.09. The Balaban J connectivity index is 1.30. The van der Waals surface area contributed by atoms with Crippen LogP contribution in [-0.2, 0) is 6.54 Å². The second kappa shape index (κ2) is 5.64. The molecule has 1 aromatic heterocycles. The van der Waals surface area contributed by atoms with Crippen molar-refractivity contribution in [2.45, 2.75) is 37.8 Å². The minimum Gasteiger partial charge on any atom is -0.336 e. The summed E-state index contributed by atoms with van der Waals surface area (Å²) in [7, 11) is 0. The Bertz CT molecular complexity index is 563. The molecule has 0 saturated heterocycles. The summed E-state index contributed by atoms with van der Waals surface area (Å²) in [6, 6.07) is 11.8. The van der Waals surface area contributed by atoms with E-state index in [4.69, 9.17) is 0 Å². The van der Waals surface area contributed by atoms with Gasteiger partial charge in [-0.3, -0.25) is 0 Å². The molecule has 1 aromatic carbocycles. The molecule has 2 aromatic rings. The van der Waals surface area contributed by atoms with E-state index in [0.717, 1.165) is 36.9 Å². The molecule has 1 N–H and O–H groups in total. The second-order valence-electron chi connectivity index (χ2n) is 6.61. The molecule has 2 aliphatic carbocycles. The first-order valence-corrected chi connectivity index (χ1v) is 8.14. The zero-order chi connectivity index (χ0) is 14.1. The van der Waals surface area contributed by atoms with Gasteiger partial charge in [0.2, 0.25) is 0 Å². The molecule has 0 aliphatic heterocycles. The van der Waals surface area contributed by atoms with E-state index in [-0.39, 0.29) is 0 Å². The summed E-state index contributed by atoms with van der Waals surface area (Å²) in [6.45, 7) is 2.08. The Kier molecular flexibility index (Phi) is 3.52. The molecule has 1 unspecified atom stereocenters. The highest BCUT2D eigenvalue weighted by molar-refractivity contribution is 5.23. The van der Waals surface area contributed by atoms with Gasteiger partial charge in [0, 0.05) is 31.5 Å². The first kappa shape index (κ1) is 13.1. The lowest BCUT2D eigenvalue weighted by molar-refractivity contribution is 0.321. The molecular formula is C18H23N3. The molecule has 4 rings (SSSR count). The monoisotopic (exact) mass is 281 g/mol. The van der Waals surface area contributed by atoms with E-state index in [9.17, 15) is 0 Å². The average molecular weight is 281 g/mol. The highest BCUT2D eigenvalue weighted by Crippen LogP contribution is 2.52. The lowest BCUT2D eigenvalue weighted by atomic mass is 9.81. The first-order chi connectivity index (χ1) is 10.4. The Hall–Kier alpha value is -1.61. The molecule has 2 fully saturated rings. The number of aromatic nitrogens is 2. The van der Waals surface area contributed by atoms with Crippen molar-refractivity contribution in [2.75, 3.05) is 6.54 Å². The number of rotatable bonds is 5. The van der Waals surface area contributed by atoms with Crippen molar-refractivity contribution in [1.82, 2.24) is 14.9 Å². The number of benzene rings is 1. The second-order valence-corrected chi connectivity index (χ2v) is 6.61. The van der Waals surface area contributed by atoms with E-state index in [2.05, 4.69) is 45.2 Å². The number of imidazole rings is 1. The fourth-order valence-corrected chi connectivity index (χ4v) is 4.43. The molecule has 2 bridgehead atoms. The molecule has 2 aliphatic rings. The molecule has 2 saturated carbocycles. The summed E-state index contributed by atoms with van der Waals surface area (Å²) >= 11 is 0. The molecule has 1 heterocycles. The Morgan fingerprint density at radius 3 is 2.71 bits per heavy atom. The molecule has 3 heteroatoms. The summed E-state index contributed by atoms with van der Waals surface area (Å²) in [5.41, 5.74) is 1.56. The number of hydrogen-bond donors (Lipinski definition) is 1. The van der Waals surface area contributed by atoms with Crippen molar-refractivity contribution < 1.29 is 0 Å². The molecular weight excluding hydrogens is 258 g/mol. The van der Waals surface area contributed by atoms with Crippen molar-refractivity contribution in [3.63, 3.8) is 0 Å². The van der Waals surface area contributed by atoms with Gasteiger partial charge < -0.3 is 9.88 Å². The molecule has 4 atom stereocenters. The van der Waals surface area contributed by atoms with Crippen LogP contribution in [0.1, 0.15) is 30.7 Å². The summed E-state index contributed by atoms with van der Waals surface area (Å²) in [4.78, 5) is 4.09. The van der Waals surface area contributed by atoms with Gasteiger partial charge >= 0.3 is 0 Å². The highest BCUT2D eigenvalue weighted by atomic mass is 15.1. The van der Waals surface area contributed by atoms with Gasteiger partial charge in [-0.2, -0.15) is 0 Å². The van der Waals surface area contributed by atoms with E-state index in [0.29, 0.717) is 0 Å². The fraction of sp³-hybridized carbons (Fsp3) is 0.500. The van der Waals surface area contributed by atoms with Gasteiger partial charge in [0.05, 0.1) is 6.33 Å². The SMILES string of the molecule is c1ccc([C@H]2C[C@@H]3C[C@H]2CC3NCCn2ccnc2)cc1. The lowest BCUT2D eigenvalue weighted by Gasteiger charge is -2.29. The number of fused-ring (bicyclic) bond motifs is 2. The first-order valence-electron chi connectivity index (χ1n) is 8.14. The van der Waals surface area contributed by atoms with E-state index in [1.165, 1.54) is 19.3 Å². The van der Waals surface area contributed by atoms with Crippen LogP contribution in [0.3, 0.4) is 0 Å². The maximum atomic E-state index is 4.09. The third-order valence-electron chi connectivity index (χ3n) is 5.42. The van der Waals surface area contributed by atoms with Crippen LogP contribution in [0.15, 0.2) is 49.1 Å². The van der Waals surface area contributed by atoms with Crippen molar-refractivity contribution in [1.29, 1.82) is 0 Å². The van der Waals surface area contributed by atoms with Crippen LogP contribution in [0.2, 0.25) is 0 Å². The van der Waals surface area contributed by atoms with Gasteiger partial charge in [-0.05, 0) is 42.6 Å². The smallest absolute Gasteiger partial charge is 0.0946 e.